The highest BCUT2D eigenvalue weighted by molar-refractivity contribution is 5.80. The molecular weight excluding hydrogens is 290 g/mol. The van der Waals surface area contributed by atoms with Gasteiger partial charge in [-0.25, -0.2) is 0 Å². The molecule has 0 aromatic rings. The van der Waals surface area contributed by atoms with Gasteiger partial charge in [0.05, 0.1) is 6.07 Å². The van der Waals surface area contributed by atoms with E-state index >= 15 is 0 Å². The van der Waals surface area contributed by atoms with Crippen molar-refractivity contribution in [2.45, 2.75) is 65.3 Å². The fraction of sp³-hybridized carbons (Fsp3) is 0.833. The lowest BCUT2D eigenvalue weighted by molar-refractivity contribution is -0.128. The molecule has 0 bridgehead atoms. The average Bonchev–Trinajstić information content (AvgIpc) is 3.05. The van der Waals surface area contributed by atoms with Gasteiger partial charge in [-0.05, 0) is 31.1 Å². The Bertz CT molecular complexity index is 444. The molecule has 5 atom stereocenters. The van der Waals surface area contributed by atoms with Crippen LogP contribution in [0.25, 0.3) is 0 Å². The first-order valence-electron chi connectivity index (χ1n) is 8.89. The number of amides is 2. The van der Waals surface area contributed by atoms with E-state index in [9.17, 15) is 14.9 Å². The number of hydrogen-bond donors (Lipinski definition) is 2. The third-order valence-electron chi connectivity index (χ3n) is 5.40. The van der Waals surface area contributed by atoms with Gasteiger partial charge in [0.25, 0.3) is 0 Å². The fourth-order valence-electron chi connectivity index (χ4n) is 3.82. The zero-order chi connectivity index (χ0) is 17.4. The molecule has 1 aliphatic rings. The van der Waals surface area contributed by atoms with Gasteiger partial charge in [-0.1, -0.05) is 40.0 Å². The Hall–Kier alpha value is -1.57. The number of hydrogen-bond acceptors (Lipinski definition) is 3. The number of nitrogens with one attached hydrogen (secondary N) is 2. The maximum atomic E-state index is 12.5. The van der Waals surface area contributed by atoms with Crippen molar-refractivity contribution in [2.75, 3.05) is 7.05 Å². The average molecular weight is 321 g/mol. The van der Waals surface area contributed by atoms with Gasteiger partial charge in [-0.15, -0.1) is 0 Å². The van der Waals surface area contributed by atoms with E-state index in [1.165, 1.54) is 12.8 Å². The van der Waals surface area contributed by atoms with Gasteiger partial charge in [0.1, 0.15) is 6.04 Å². The minimum atomic E-state index is -0.603. The number of carbonyl (C=O) groups excluding carboxylic acids is 2. The monoisotopic (exact) mass is 321 g/mol. The molecule has 2 N–H and O–H groups in total. The van der Waals surface area contributed by atoms with Crippen LogP contribution in [0.5, 0.6) is 0 Å². The first kappa shape index (κ1) is 19.5. The maximum absolute atomic E-state index is 12.5. The van der Waals surface area contributed by atoms with E-state index in [4.69, 9.17) is 0 Å². The number of nitriles is 1. The van der Waals surface area contributed by atoms with Crippen molar-refractivity contribution in [1.29, 1.82) is 5.26 Å². The third-order valence-corrected chi connectivity index (χ3v) is 5.40. The molecule has 0 radical (unpaired) electrons. The van der Waals surface area contributed by atoms with Crippen molar-refractivity contribution in [2.24, 2.45) is 23.7 Å². The molecule has 0 aliphatic heterocycles. The van der Waals surface area contributed by atoms with Crippen LogP contribution in [0.3, 0.4) is 0 Å². The van der Waals surface area contributed by atoms with Crippen LogP contribution >= 0.6 is 0 Å². The molecule has 0 saturated heterocycles. The predicted octanol–water partition coefficient (Wildman–Crippen LogP) is 2.62. The summed E-state index contributed by atoms with van der Waals surface area (Å²) in [6.45, 7) is 6.07. The maximum Gasteiger partial charge on any atom is 0.224 e. The lowest BCUT2D eigenvalue weighted by Crippen LogP contribution is -2.42. The second-order valence-corrected chi connectivity index (χ2v) is 6.70. The van der Waals surface area contributed by atoms with E-state index in [2.05, 4.69) is 23.6 Å². The standard InChI is InChI=1S/C18H31N3O2/c1-5-13-8-7-9-16(13)12(3)17(22)21-15(11-19)10-14(6-2)18(23)20-4/h12-16H,5-10H2,1-4H3,(H,20,23)(H,21,22). The van der Waals surface area contributed by atoms with Crippen molar-refractivity contribution >= 4 is 11.8 Å². The Morgan fingerprint density at radius 3 is 2.48 bits per heavy atom. The van der Waals surface area contributed by atoms with Crippen molar-refractivity contribution in [3.63, 3.8) is 0 Å². The molecule has 0 spiro atoms. The SMILES string of the molecule is CCC(CC(C#N)NC(=O)C(C)C1CCCC1CC)C(=O)NC. The molecule has 5 heteroatoms. The highest BCUT2D eigenvalue weighted by Crippen LogP contribution is 2.38. The van der Waals surface area contributed by atoms with Crippen molar-refractivity contribution in [3.8, 4) is 6.07 Å². The third kappa shape index (κ3) is 5.23. The van der Waals surface area contributed by atoms with Gasteiger partial charge in [-0.3, -0.25) is 9.59 Å². The number of carbonyl (C=O) groups is 2. The molecule has 1 aliphatic carbocycles. The summed E-state index contributed by atoms with van der Waals surface area (Å²) in [4.78, 5) is 24.3. The van der Waals surface area contributed by atoms with Crippen LogP contribution in [0.4, 0.5) is 0 Å². The molecule has 1 fully saturated rings. The second kappa shape index (κ2) is 9.54. The fourth-order valence-corrected chi connectivity index (χ4v) is 3.82. The summed E-state index contributed by atoms with van der Waals surface area (Å²) in [7, 11) is 1.60. The molecule has 5 nitrogen and oxygen atoms in total. The normalized spacial score (nSPS) is 24.3. The summed E-state index contributed by atoms with van der Waals surface area (Å²) in [5.74, 6) is 0.602. The zero-order valence-corrected chi connectivity index (χ0v) is 14.9. The Balaban J connectivity index is 2.62. The summed E-state index contributed by atoms with van der Waals surface area (Å²) in [6, 6.07) is 1.53. The van der Waals surface area contributed by atoms with Gasteiger partial charge >= 0.3 is 0 Å². The molecule has 130 valence electrons. The molecule has 5 unspecified atom stereocenters. The van der Waals surface area contributed by atoms with Crippen LogP contribution in [0.1, 0.15) is 59.3 Å². The lowest BCUT2D eigenvalue weighted by Gasteiger charge is -2.26. The molecule has 0 aromatic carbocycles. The molecule has 0 heterocycles. The van der Waals surface area contributed by atoms with Gasteiger partial charge in [0.2, 0.25) is 11.8 Å². The smallest absolute Gasteiger partial charge is 0.224 e. The Morgan fingerprint density at radius 1 is 1.26 bits per heavy atom. The first-order valence-corrected chi connectivity index (χ1v) is 8.89. The summed E-state index contributed by atoms with van der Waals surface area (Å²) in [5.41, 5.74) is 0. The largest absolute Gasteiger partial charge is 0.359 e. The van der Waals surface area contributed by atoms with Gasteiger partial charge < -0.3 is 10.6 Å². The minimum Gasteiger partial charge on any atom is -0.359 e. The van der Waals surface area contributed by atoms with E-state index in [1.807, 2.05) is 13.8 Å². The predicted molar refractivity (Wildman–Crippen MR) is 90.3 cm³/mol. The minimum absolute atomic E-state index is 0.0475. The molecular formula is C18H31N3O2. The zero-order valence-electron chi connectivity index (χ0n) is 14.9. The van der Waals surface area contributed by atoms with Crippen LogP contribution in [-0.2, 0) is 9.59 Å². The summed E-state index contributed by atoms with van der Waals surface area (Å²) in [6.07, 6.45) is 5.63. The topological polar surface area (TPSA) is 82.0 Å². The molecule has 23 heavy (non-hydrogen) atoms. The van der Waals surface area contributed by atoms with Crippen LogP contribution in [0.15, 0.2) is 0 Å². The van der Waals surface area contributed by atoms with Gasteiger partial charge in [0, 0.05) is 18.9 Å². The van der Waals surface area contributed by atoms with E-state index in [0.717, 1.165) is 12.8 Å². The molecule has 1 rings (SSSR count). The van der Waals surface area contributed by atoms with E-state index in [1.54, 1.807) is 7.05 Å². The van der Waals surface area contributed by atoms with Crippen LogP contribution < -0.4 is 10.6 Å². The molecule has 2 amide bonds. The lowest BCUT2D eigenvalue weighted by atomic mass is 9.83. The highest BCUT2D eigenvalue weighted by atomic mass is 16.2. The van der Waals surface area contributed by atoms with Crippen molar-refractivity contribution in [3.05, 3.63) is 0 Å². The Labute approximate surface area is 140 Å². The van der Waals surface area contributed by atoms with E-state index in [0.29, 0.717) is 24.7 Å². The van der Waals surface area contributed by atoms with E-state index in [-0.39, 0.29) is 23.7 Å². The summed E-state index contributed by atoms with van der Waals surface area (Å²) >= 11 is 0. The van der Waals surface area contributed by atoms with Crippen LogP contribution in [0.2, 0.25) is 0 Å². The van der Waals surface area contributed by atoms with E-state index < -0.39 is 6.04 Å². The first-order chi connectivity index (χ1) is 11.0. The number of nitrogens with zero attached hydrogens (tertiary/aromatic N) is 1. The summed E-state index contributed by atoms with van der Waals surface area (Å²) in [5, 5.41) is 14.8. The summed E-state index contributed by atoms with van der Waals surface area (Å²) < 4.78 is 0. The van der Waals surface area contributed by atoms with Gasteiger partial charge in [-0.2, -0.15) is 5.26 Å². The van der Waals surface area contributed by atoms with Gasteiger partial charge in [0.15, 0.2) is 0 Å². The van der Waals surface area contributed by atoms with Crippen LogP contribution in [-0.4, -0.2) is 24.9 Å². The number of rotatable bonds is 8. The second-order valence-electron chi connectivity index (χ2n) is 6.70. The van der Waals surface area contributed by atoms with Crippen molar-refractivity contribution in [1.82, 2.24) is 10.6 Å². The highest BCUT2D eigenvalue weighted by Gasteiger charge is 2.34. The Kier molecular flexibility index (Phi) is 8.08. The van der Waals surface area contributed by atoms with Crippen LogP contribution in [0, 0.1) is 35.0 Å². The Morgan fingerprint density at radius 2 is 1.96 bits per heavy atom. The molecule has 1 saturated carbocycles. The van der Waals surface area contributed by atoms with Crippen molar-refractivity contribution < 1.29 is 9.59 Å². The molecule has 0 aromatic heterocycles. The quantitative estimate of drug-likeness (QED) is 0.721.